The largest absolute Gasteiger partial charge is 1.00 e. The first kappa shape index (κ1) is 21.9. The second kappa shape index (κ2) is 10.1. The molecule has 0 bridgehead atoms. The Kier molecular flexibility index (Phi) is 10.0. The topological polar surface area (TPSA) is 12.9 Å². The van der Waals surface area contributed by atoms with E-state index in [4.69, 9.17) is 0 Å². The third-order valence-electron chi connectivity index (χ3n) is 3.48. The molecule has 0 saturated carbocycles. The number of benzene rings is 2. The van der Waals surface area contributed by atoms with Crippen molar-refractivity contribution < 1.29 is 116 Å². The van der Waals surface area contributed by atoms with Crippen LogP contribution in [0.2, 0.25) is 0 Å². The Morgan fingerprint density at radius 2 is 1.64 bits per heavy atom. The minimum atomic E-state index is 0. The van der Waals surface area contributed by atoms with Gasteiger partial charge in [0, 0.05) is 5.33 Å². The number of hydrogen-bond donors (Lipinski definition) is 0. The number of aryl methyl sites for hydroxylation is 1. The molecule has 2 aromatic carbocycles. The summed E-state index contributed by atoms with van der Waals surface area (Å²) in [5.41, 5.74) is 6.80. The summed E-state index contributed by atoms with van der Waals surface area (Å²) in [7, 11) is 0. The zero-order valence-electron chi connectivity index (χ0n) is 13.4. The molecule has 100 valence electrons. The van der Waals surface area contributed by atoms with Crippen LogP contribution in [0.5, 0.6) is 0 Å². The van der Waals surface area contributed by atoms with E-state index in [1.54, 1.807) is 0 Å². The molecule has 4 heteroatoms. The molecule has 0 aliphatic heterocycles. The van der Waals surface area contributed by atoms with E-state index < -0.39 is 0 Å². The van der Waals surface area contributed by atoms with Crippen molar-refractivity contribution in [3.8, 4) is 11.1 Å². The molecule has 3 aromatic rings. The molecule has 1 nitrogen and oxygen atoms in total. The first-order valence-corrected chi connectivity index (χ1v) is 7.68. The summed E-state index contributed by atoms with van der Waals surface area (Å²) in [6.07, 6.45) is 0. The average molecular weight is 496 g/mol. The van der Waals surface area contributed by atoms with E-state index >= 15 is 0 Å². The molecule has 22 heavy (non-hydrogen) atoms. The Labute approximate surface area is 238 Å². The number of rotatable bonds is 2. The van der Waals surface area contributed by atoms with E-state index in [1.165, 1.54) is 22.3 Å². The first-order valence-electron chi connectivity index (χ1n) is 6.56. The third kappa shape index (κ3) is 5.15. The average Bonchev–Trinajstić information content (AvgIpc) is 2.48. The first-order chi connectivity index (χ1) is 9.67. The van der Waals surface area contributed by atoms with Gasteiger partial charge in [0.2, 0.25) is 0 Å². The van der Waals surface area contributed by atoms with E-state index in [2.05, 4.69) is 77.2 Å². The van der Waals surface area contributed by atoms with Crippen LogP contribution in [0.4, 0.5) is 0 Å². The zero-order chi connectivity index (χ0) is 14.1. The van der Waals surface area contributed by atoms with E-state index in [1.807, 2.05) is 6.07 Å². The van der Waals surface area contributed by atoms with Gasteiger partial charge in [-0.3, -0.25) is 4.98 Å². The van der Waals surface area contributed by atoms with Crippen LogP contribution in [-0.4, -0.2) is 4.98 Å². The number of pyridine rings is 1. The molecule has 0 radical (unpaired) electrons. The van der Waals surface area contributed by atoms with Crippen molar-refractivity contribution in [1.29, 1.82) is 0 Å². The number of nitrogens with zero attached hydrogens (tertiary/aromatic N) is 1. The molecular weight excluding hydrogens is 481 g/mol. The van der Waals surface area contributed by atoms with Crippen LogP contribution in [0.25, 0.3) is 22.0 Å². The minimum absolute atomic E-state index is 0. The summed E-state index contributed by atoms with van der Waals surface area (Å²) >= 11 is 3.48. The fraction of sp³-hybridized carbons (Fsp3) is 0.111. The molecule has 0 aliphatic carbocycles. The second-order valence-corrected chi connectivity index (χ2v) is 5.56. The van der Waals surface area contributed by atoms with E-state index in [0.29, 0.717) is 0 Å². The van der Waals surface area contributed by atoms with Crippen molar-refractivity contribution >= 4 is 26.8 Å². The number of aromatic nitrogens is 1. The normalized spacial score (nSPS) is 9.91. The van der Waals surface area contributed by atoms with Gasteiger partial charge in [0.05, 0.1) is 5.52 Å². The molecule has 0 saturated heterocycles. The molecule has 0 atom stereocenters. The van der Waals surface area contributed by atoms with Gasteiger partial charge in [0.25, 0.3) is 0 Å². The van der Waals surface area contributed by atoms with Gasteiger partial charge >= 0.3 is 116 Å². The molecular formula is C18H15BrNRb2+. The molecule has 0 N–H and O–H groups in total. The van der Waals surface area contributed by atoms with Gasteiger partial charge in [-0.1, -0.05) is 40.2 Å². The minimum Gasteiger partial charge on any atom is -0.287 e. The molecule has 1 aromatic heterocycles. The van der Waals surface area contributed by atoms with Gasteiger partial charge in [0.1, 0.15) is 0 Å². The number of hydrogen-bond acceptors (Lipinski definition) is 1. The number of halogens is 1. The van der Waals surface area contributed by atoms with Crippen LogP contribution >= 0.6 is 15.9 Å². The van der Waals surface area contributed by atoms with E-state index in [9.17, 15) is 0 Å². The molecule has 3 rings (SSSR count). The van der Waals surface area contributed by atoms with Crippen LogP contribution in [0.3, 0.4) is 0 Å². The quantitative estimate of drug-likeness (QED) is 0.338. The molecule has 0 spiro atoms. The van der Waals surface area contributed by atoms with Crippen molar-refractivity contribution in [2.75, 3.05) is 0 Å². The smallest absolute Gasteiger partial charge is 0.287 e. The molecule has 1 heterocycles. The summed E-state index contributed by atoms with van der Waals surface area (Å²) in [6, 6.07) is 17.1. The van der Waals surface area contributed by atoms with Crippen LogP contribution in [0, 0.1) is 13.8 Å². The summed E-state index contributed by atoms with van der Waals surface area (Å²) in [5.74, 6) is 0. The summed E-state index contributed by atoms with van der Waals surface area (Å²) in [6.45, 7) is 6.00. The van der Waals surface area contributed by atoms with E-state index in [0.717, 1.165) is 21.9 Å². The van der Waals surface area contributed by atoms with Crippen molar-refractivity contribution in [3.63, 3.8) is 0 Å². The van der Waals surface area contributed by atoms with Gasteiger partial charge in [-0.25, -0.2) is 6.92 Å². The Balaban J connectivity index is 0.00000121. The predicted octanol–water partition coefficient (Wildman–Crippen LogP) is -0.705. The van der Waals surface area contributed by atoms with Crippen LogP contribution in [-0.2, 0) is 5.33 Å². The Morgan fingerprint density at radius 3 is 2.27 bits per heavy atom. The molecule has 0 amide bonds. The monoisotopic (exact) mass is 494 g/mol. The van der Waals surface area contributed by atoms with Gasteiger partial charge in [0.15, 0.2) is 0 Å². The van der Waals surface area contributed by atoms with Crippen molar-refractivity contribution in [2.24, 2.45) is 0 Å². The Bertz CT molecular complexity index is 770. The zero-order valence-corrected chi connectivity index (χ0v) is 24.8. The van der Waals surface area contributed by atoms with Crippen LogP contribution in [0.15, 0.2) is 48.5 Å². The van der Waals surface area contributed by atoms with Crippen molar-refractivity contribution in [2.45, 2.75) is 12.3 Å². The maximum absolute atomic E-state index is 4.52. The van der Waals surface area contributed by atoms with Crippen LogP contribution < -0.4 is 116 Å². The second-order valence-electron chi connectivity index (χ2n) is 5.00. The molecule has 0 unspecified atom stereocenters. The predicted molar refractivity (Wildman–Crippen MR) is 89.0 cm³/mol. The Morgan fingerprint density at radius 1 is 0.955 bits per heavy atom. The molecule has 0 aliphatic rings. The maximum Gasteiger partial charge on any atom is 1.00 e. The number of alkyl halides is 1. The van der Waals surface area contributed by atoms with Gasteiger partial charge in [-0.15, -0.1) is 11.8 Å². The summed E-state index contributed by atoms with van der Waals surface area (Å²) < 4.78 is 0. The van der Waals surface area contributed by atoms with Gasteiger partial charge < -0.3 is 0 Å². The van der Waals surface area contributed by atoms with Gasteiger partial charge in [-0.05, 0) is 46.7 Å². The fourth-order valence-electron chi connectivity index (χ4n) is 2.41. The number of fused-ring (bicyclic) bond motifs is 1. The van der Waals surface area contributed by atoms with Gasteiger partial charge in [-0.2, -0.15) is 6.07 Å². The third-order valence-corrected chi connectivity index (χ3v) is 4.13. The summed E-state index contributed by atoms with van der Waals surface area (Å²) in [5, 5.41) is 2.05. The Hall–Kier alpha value is 1.81. The van der Waals surface area contributed by atoms with Crippen molar-refractivity contribution in [3.05, 3.63) is 72.3 Å². The SMILES string of the molecule is [CH2-]c1ccc2cc(-c3ccc(CBr)cc3)cc(C)c2n1.[Rb+].[Rb+]. The van der Waals surface area contributed by atoms with Crippen LogP contribution in [0.1, 0.15) is 16.8 Å². The molecule has 0 fully saturated rings. The standard InChI is InChI=1S/C18H15BrN.2Rb/c1-12-9-17(15-7-4-14(11-19)5-8-15)10-16-6-3-13(2)20-18(12)16;;/h3-10H,2,11H2,1H3;;/q-1;2*+1. The van der Waals surface area contributed by atoms with Crippen molar-refractivity contribution in [1.82, 2.24) is 4.98 Å². The summed E-state index contributed by atoms with van der Waals surface area (Å²) in [4.78, 5) is 4.52. The maximum atomic E-state index is 4.52. The van der Waals surface area contributed by atoms with E-state index in [-0.39, 0.29) is 116 Å². The fourth-order valence-corrected chi connectivity index (χ4v) is 2.78.